The van der Waals surface area contributed by atoms with E-state index in [-0.39, 0.29) is 6.04 Å². The lowest BCUT2D eigenvalue weighted by molar-refractivity contribution is -0.148. The Kier molecular flexibility index (Phi) is 6.44. The highest BCUT2D eigenvalue weighted by atomic mass is 32.2. The number of nitrogens with zero attached hydrogens (tertiary/aromatic N) is 1. The van der Waals surface area contributed by atoms with Crippen LogP contribution in [0, 0.1) is 20.8 Å². The Morgan fingerprint density at radius 2 is 1.65 bits per heavy atom. The van der Waals surface area contributed by atoms with Crippen LogP contribution in [-0.4, -0.2) is 36.4 Å². The van der Waals surface area contributed by atoms with E-state index in [0.29, 0.717) is 11.3 Å². The standard InChI is InChI=1S/C25H31NO4S/c1-17-14-18(2)24(19(3)15-17)31(28,29)26-21(12-13-23(27)30-25(4,5)6)22(26)16-20-10-8-7-9-11-20/h7-15,21-22H,16H2,1-6H3/b13-12-/t21-,22-,26?/m0/s1. The molecule has 2 aromatic carbocycles. The number of carbonyl (C=O) groups is 1. The Labute approximate surface area is 185 Å². The molecule has 0 N–H and O–H groups in total. The van der Waals surface area contributed by atoms with Gasteiger partial charge in [0.1, 0.15) is 5.60 Å². The van der Waals surface area contributed by atoms with E-state index >= 15 is 0 Å². The molecule has 0 aliphatic carbocycles. The predicted octanol–water partition coefficient (Wildman–Crippen LogP) is 4.49. The van der Waals surface area contributed by atoms with Crippen LogP contribution in [0.3, 0.4) is 0 Å². The van der Waals surface area contributed by atoms with E-state index in [9.17, 15) is 13.2 Å². The van der Waals surface area contributed by atoms with Crippen LogP contribution < -0.4 is 0 Å². The Bertz CT molecular complexity index is 1080. The molecule has 3 atom stereocenters. The lowest BCUT2D eigenvalue weighted by Gasteiger charge is -2.17. The molecule has 0 bridgehead atoms. The summed E-state index contributed by atoms with van der Waals surface area (Å²) in [5.74, 6) is -0.474. The fraction of sp³-hybridized carbons (Fsp3) is 0.400. The van der Waals surface area contributed by atoms with Gasteiger partial charge in [0.15, 0.2) is 0 Å². The molecule has 166 valence electrons. The zero-order chi connectivity index (χ0) is 23.0. The van der Waals surface area contributed by atoms with E-state index in [1.54, 1.807) is 26.8 Å². The van der Waals surface area contributed by atoms with Crippen LogP contribution in [0.5, 0.6) is 0 Å². The average Bonchev–Trinajstić information content (AvgIpc) is 3.31. The first kappa shape index (κ1) is 23.2. The van der Waals surface area contributed by atoms with Crippen molar-refractivity contribution in [1.82, 2.24) is 4.31 Å². The van der Waals surface area contributed by atoms with Crippen LogP contribution in [0.4, 0.5) is 0 Å². The molecular weight excluding hydrogens is 410 g/mol. The Balaban J connectivity index is 1.92. The number of rotatable bonds is 6. The number of aryl methyl sites for hydroxylation is 3. The highest BCUT2D eigenvalue weighted by molar-refractivity contribution is 7.89. The molecule has 0 radical (unpaired) electrons. The third-order valence-electron chi connectivity index (χ3n) is 5.19. The summed E-state index contributed by atoms with van der Waals surface area (Å²) in [6.07, 6.45) is 3.57. The molecule has 1 saturated heterocycles. The molecule has 1 aliphatic rings. The first-order valence-corrected chi connectivity index (χ1v) is 11.9. The van der Waals surface area contributed by atoms with Gasteiger partial charge in [-0.15, -0.1) is 0 Å². The van der Waals surface area contributed by atoms with Crippen molar-refractivity contribution >= 4 is 16.0 Å². The van der Waals surface area contributed by atoms with Gasteiger partial charge in [-0.05, 0) is 64.7 Å². The smallest absolute Gasteiger partial charge is 0.331 e. The van der Waals surface area contributed by atoms with Gasteiger partial charge in [-0.25, -0.2) is 13.2 Å². The van der Waals surface area contributed by atoms with Crippen molar-refractivity contribution in [3.05, 3.63) is 76.9 Å². The van der Waals surface area contributed by atoms with E-state index in [2.05, 4.69) is 0 Å². The van der Waals surface area contributed by atoms with Gasteiger partial charge in [-0.2, -0.15) is 4.31 Å². The fourth-order valence-electron chi connectivity index (χ4n) is 4.09. The van der Waals surface area contributed by atoms with E-state index in [4.69, 9.17) is 4.74 Å². The van der Waals surface area contributed by atoms with Gasteiger partial charge in [-0.1, -0.05) is 54.1 Å². The summed E-state index contributed by atoms with van der Waals surface area (Å²) in [5, 5.41) is 0. The lowest BCUT2D eigenvalue weighted by atomic mass is 10.1. The molecule has 3 rings (SSSR count). The summed E-state index contributed by atoms with van der Waals surface area (Å²) >= 11 is 0. The highest BCUT2D eigenvalue weighted by Crippen LogP contribution is 2.40. The zero-order valence-electron chi connectivity index (χ0n) is 19.0. The quantitative estimate of drug-likeness (QED) is 0.376. The maximum absolute atomic E-state index is 13.6. The van der Waals surface area contributed by atoms with Crippen LogP contribution in [0.1, 0.15) is 43.0 Å². The number of carbonyl (C=O) groups excluding carboxylic acids is 1. The van der Waals surface area contributed by atoms with Crippen molar-refractivity contribution in [3.8, 4) is 0 Å². The maximum atomic E-state index is 13.6. The van der Waals surface area contributed by atoms with Crippen molar-refractivity contribution in [3.63, 3.8) is 0 Å². The number of benzene rings is 2. The molecule has 0 amide bonds. The molecule has 5 nitrogen and oxygen atoms in total. The van der Waals surface area contributed by atoms with Crippen LogP contribution in [0.2, 0.25) is 0 Å². The van der Waals surface area contributed by atoms with Gasteiger partial charge >= 0.3 is 5.97 Å². The van der Waals surface area contributed by atoms with E-state index in [1.807, 2.05) is 63.2 Å². The van der Waals surface area contributed by atoms with Gasteiger partial charge in [0.05, 0.1) is 17.0 Å². The van der Waals surface area contributed by atoms with Crippen LogP contribution in [0.15, 0.2) is 59.5 Å². The number of ether oxygens (including phenoxy) is 1. The second-order valence-corrected chi connectivity index (χ2v) is 11.0. The molecule has 0 saturated carbocycles. The summed E-state index contributed by atoms with van der Waals surface area (Å²) in [4.78, 5) is 12.5. The zero-order valence-corrected chi connectivity index (χ0v) is 19.9. The summed E-state index contributed by atoms with van der Waals surface area (Å²) in [6, 6.07) is 12.9. The number of hydrogen-bond acceptors (Lipinski definition) is 4. The van der Waals surface area contributed by atoms with Crippen LogP contribution >= 0.6 is 0 Å². The first-order chi connectivity index (χ1) is 14.4. The molecule has 1 unspecified atom stereocenters. The van der Waals surface area contributed by atoms with Crippen molar-refractivity contribution in [2.45, 2.75) is 70.5 Å². The number of hydrogen-bond donors (Lipinski definition) is 0. The number of esters is 1. The highest BCUT2D eigenvalue weighted by Gasteiger charge is 2.54. The second-order valence-electron chi connectivity index (χ2n) is 9.20. The summed E-state index contributed by atoms with van der Waals surface area (Å²) < 4.78 is 34.1. The molecule has 1 heterocycles. The third kappa shape index (κ3) is 5.43. The largest absolute Gasteiger partial charge is 0.457 e. The minimum Gasteiger partial charge on any atom is -0.457 e. The molecule has 31 heavy (non-hydrogen) atoms. The van der Waals surface area contributed by atoms with Crippen molar-refractivity contribution in [1.29, 1.82) is 0 Å². The topological polar surface area (TPSA) is 63.5 Å². The van der Waals surface area contributed by atoms with Gasteiger partial charge in [0, 0.05) is 6.08 Å². The Hall–Kier alpha value is -2.44. The van der Waals surface area contributed by atoms with Gasteiger partial charge in [0.2, 0.25) is 10.0 Å². The van der Waals surface area contributed by atoms with Crippen molar-refractivity contribution < 1.29 is 17.9 Å². The summed E-state index contributed by atoms with van der Waals surface area (Å²) in [5.41, 5.74) is 2.95. The van der Waals surface area contributed by atoms with E-state index in [0.717, 1.165) is 22.3 Å². The van der Waals surface area contributed by atoms with E-state index in [1.165, 1.54) is 10.4 Å². The SMILES string of the molecule is Cc1cc(C)c(S(=O)(=O)N2[C@@H](/C=C\C(=O)OC(C)(C)C)[C@@H]2Cc2ccccc2)c(C)c1. The fourth-order valence-corrected chi connectivity index (χ4v) is 6.26. The van der Waals surface area contributed by atoms with Gasteiger partial charge in [-0.3, -0.25) is 0 Å². The van der Waals surface area contributed by atoms with Crippen LogP contribution in [0.25, 0.3) is 0 Å². The molecule has 1 fully saturated rings. The Morgan fingerprint density at radius 1 is 1.06 bits per heavy atom. The Morgan fingerprint density at radius 3 is 2.19 bits per heavy atom. The molecule has 2 aromatic rings. The molecule has 0 spiro atoms. The van der Waals surface area contributed by atoms with Gasteiger partial charge in [0.25, 0.3) is 0 Å². The van der Waals surface area contributed by atoms with Crippen molar-refractivity contribution in [2.75, 3.05) is 0 Å². The monoisotopic (exact) mass is 441 g/mol. The minimum atomic E-state index is -3.72. The van der Waals surface area contributed by atoms with Crippen LogP contribution in [-0.2, 0) is 26.0 Å². The maximum Gasteiger partial charge on any atom is 0.331 e. The summed E-state index contributed by atoms with van der Waals surface area (Å²) in [6.45, 7) is 11.0. The average molecular weight is 442 g/mol. The second kappa shape index (κ2) is 8.60. The molecule has 1 aliphatic heterocycles. The summed E-state index contributed by atoms with van der Waals surface area (Å²) in [7, 11) is -3.72. The van der Waals surface area contributed by atoms with E-state index < -0.39 is 27.6 Å². The molecule has 6 heteroatoms. The minimum absolute atomic E-state index is 0.244. The molecule has 0 aromatic heterocycles. The predicted molar refractivity (Wildman–Crippen MR) is 122 cm³/mol. The van der Waals surface area contributed by atoms with Gasteiger partial charge < -0.3 is 4.74 Å². The normalized spacial score (nSPS) is 21.3. The van der Waals surface area contributed by atoms with Crippen molar-refractivity contribution in [2.24, 2.45) is 0 Å². The molecular formula is C25H31NO4S. The number of sulfonamides is 1. The first-order valence-electron chi connectivity index (χ1n) is 10.5. The lowest BCUT2D eigenvalue weighted by Crippen LogP contribution is -2.22. The third-order valence-corrected chi connectivity index (χ3v) is 7.42.